The van der Waals surface area contributed by atoms with Crippen molar-refractivity contribution in [1.29, 1.82) is 0 Å². The summed E-state index contributed by atoms with van der Waals surface area (Å²) in [6, 6.07) is 0. The van der Waals surface area contributed by atoms with E-state index >= 15 is 0 Å². The Morgan fingerprint density at radius 1 is 0.615 bits per heavy atom. The fourth-order valence-electron chi connectivity index (χ4n) is 0.956. The molecule has 0 aromatic rings. The average molecular weight is 212 g/mol. The number of ether oxygens (including phenoxy) is 3. The molecule has 1 aliphatic heterocycles. The van der Waals surface area contributed by atoms with Gasteiger partial charge in [0, 0.05) is 13.1 Å². The topological polar surface area (TPSA) is 39.7 Å². The van der Waals surface area contributed by atoms with Crippen LogP contribution in [0.25, 0.3) is 0 Å². The molecule has 1 aliphatic rings. The summed E-state index contributed by atoms with van der Waals surface area (Å²) in [7, 11) is 0. The van der Waals surface area contributed by atoms with E-state index in [1.807, 2.05) is 0 Å². The summed E-state index contributed by atoms with van der Waals surface area (Å²) in [5, 5.41) is 3.21. The number of hydrogen-bond donors (Lipinski definition) is 1. The Hall–Kier alpha value is 0.130. The molecule has 1 heterocycles. The van der Waals surface area contributed by atoms with Gasteiger partial charge >= 0.3 is 0 Å². The monoisotopic (exact) mass is 211 g/mol. The average Bonchev–Trinajstić information content (AvgIpc) is 2.05. The molecule has 5 heteroatoms. The molecule has 0 saturated carbocycles. The van der Waals surface area contributed by atoms with Crippen molar-refractivity contribution < 1.29 is 14.2 Å². The maximum absolute atomic E-state index is 5.28. The largest absolute Gasteiger partial charge is 0.378 e. The standard InChI is InChI=1S/C8H17NO3.ClH/c1-3-10-5-7-12-8-6-11-4-2-9-1;/h9H,1-8H2;1H. The van der Waals surface area contributed by atoms with Gasteiger partial charge in [-0.15, -0.1) is 12.4 Å². The molecule has 0 radical (unpaired) electrons. The van der Waals surface area contributed by atoms with E-state index in [-0.39, 0.29) is 12.4 Å². The zero-order valence-electron chi connectivity index (χ0n) is 7.79. The first-order valence-electron chi connectivity index (χ1n) is 4.44. The van der Waals surface area contributed by atoms with Crippen LogP contribution in [-0.2, 0) is 14.2 Å². The van der Waals surface area contributed by atoms with Crippen LogP contribution in [0.4, 0.5) is 0 Å². The van der Waals surface area contributed by atoms with E-state index in [0.29, 0.717) is 26.4 Å². The number of hydrogen-bond acceptors (Lipinski definition) is 4. The molecule has 0 aliphatic carbocycles. The fourth-order valence-corrected chi connectivity index (χ4v) is 0.956. The van der Waals surface area contributed by atoms with Gasteiger partial charge in [-0.05, 0) is 0 Å². The third kappa shape index (κ3) is 8.46. The zero-order valence-corrected chi connectivity index (χ0v) is 8.61. The van der Waals surface area contributed by atoms with E-state index < -0.39 is 0 Å². The van der Waals surface area contributed by atoms with E-state index in [2.05, 4.69) is 5.32 Å². The second-order valence-corrected chi connectivity index (χ2v) is 2.59. The summed E-state index contributed by atoms with van der Waals surface area (Å²) in [5.41, 5.74) is 0. The first-order chi connectivity index (χ1) is 6.00. The zero-order chi connectivity index (χ0) is 8.49. The normalized spacial score (nSPS) is 22.2. The van der Waals surface area contributed by atoms with Crippen LogP contribution in [0.5, 0.6) is 0 Å². The van der Waals surface area contributed by atoms with Crippen molar-refractivity contribution >= 4 is 12.4 Å². The van der Waals surface area contributed by atoms with Crippen molar-refractivity contribution in [3.8, 4) is 0 Å². The summed E-state index contributed by atoms with van der Waals surface area (Å²) in [6.07, 6.45) is 0. The molecule has 1 saturated heterocycles. The van der Waals surface area contributed by atoms with Crippen LogP contribution in [0, 0.1) is 0 Å². The quantitative estimate of drug-likeness (QED) is 0.615. The molecule has 1 N–H and O–H groups in total. The minimum atomic E-state index is 0. The van der Waals surface area contributed by atoms with Crippen molar-refractivity contribution in [3.05, 3.63) is 0 Å². The van der Waals surface area contributed by atoms with Gasteiger partial charge in [-0.2, -0.15) is 0 Å². The molecular formula is C8H18ClNO3. The van der Waals surface area contributed by atoms with Crippen LogP contribution >= 0.6 is 12.4 Å². The van der Waals surface area contributed by atoms with Crippen molar-refractivity contribution in [2.24, 2.45) is 0 Å². The molecule has 0 spiro atoms. The van der Waals surface area contributed by atoms with Gasteiger partial charge in [0.25, 0.3) is 0 Å². The van der Waals surface area contributed by atoms with Gasteiger partial charge in [-0.1, -0.05) is 0 Å². The molecular weight excluding hydrogens is 194 g/mol. The van der Waals surface area contributed by atoms with Gasteiger partial charge in [0.1, 0.15) is 0 Å². The summed E-state index contributed by atoms with van der Waals surface area (Å²) in [5.74, 6) is 0. The minimum absolute atomic E-state index is 0. The van der Waals surface area contributed by atoms with E-state index in [1.54, 1.807) is 0 Å². The highest BCUT2D eigenvalue weighted by Crippen LogP contribution is 1.82. The summed E-state index contributed by atoms with van der Waals surface area (Å²) < 4.78 is 15.8. The maximum atomic E-state index is 5.28. The summed E-state index contributed by atoms with van der Waals surface area (Å²) in [6.45, 7) is 6.00. The van der Waals surface area contributed by atoms with Gasteiger partial charge in [-0.3, -0.25) is 0 Å². The smallest absolute Gasteiger partial charge is 0.0701 e. The molecule has 0 aromatic heterocycles. The van der Waals surface area contributed by atoms with Crippen LogP contribution in [0.3, 0.4) is 0 Å². The molecule has 1 rings (SSSR count). The van der Waals surface area contributed by atoms with Gasteiger partial charge in [0.2, 0.25) is 0 Å². The highest BCUT2D eigenvalue weighted by Gasteiger charge is 1.94. The minimum Gasteiger partial charge on any atom is -0.378 e. The van der Waals surface area contributed by atoms with Crippen LogP contribution in [0.1, 0.15) is 0 Å². The Morgan fingerprint density at radius 2 is 1.00 bits per heavy atom. The number of halogens is 1. The lowest BCUT2D eigenvalue weighted by atomic mass is 10.6. The van der Waals surface area contributed by atoms with Gasteiger partial charge < -0.3 is 19.5 Å². The Balaban J connectivity index is 0.00000144. The van der Waals surface area contributed by atoms with Crippen molar-refractivity contribution in [2.45, 2.75) is 0 Å². The predicted molar refractivity (Wildman–Crippen MR) is 52.6 cm³/mol. The van der Waals surface area contributed by atoms with Crippen LogP contribution in [0.15, 0.2) is 0 Å². The van der Waals surface area contributed by atoms with Crippen molar-refractivity contribution in [1.82, 2.24) is 5.32 Å². The highest BCUT2D eigenvalue weighted by molar-refractivity contribution is 5.85. The second kappa shape index (κ2) is 10.2. The van der Waals surface area contributed by atoms with Gasteiger partial charge in [0.15, 0.2) is 0 Å². The molecule has 13 heavy (non-hydrogen) atoms. The molecule has 0 unspecified atom stereocenters. The van der Waals surface area contributed by atoms with E-state index in [1.165, 1.54) is 0 Å². The third-order valence-electron chi connectivity index (χ3n) is 1.59. The van der Waals surface area contributed by atoms with Crippen LogP contribution < -0.4 is 5.32 Å². The molecule has 0 bridgehead atoms. The number of rotatable bonds is 0. The molecule has 0 amide bonds. The van der Waals surface area contributed by atoms with E-state index in [0.717, 1.165) is 26.3 Å². The maximum Gasteiger partial charge on any atom is 0.0701 e. The Kier molecular flexibility index (Phi) is 10.3. The SMILES string of the molecule is C1COCCOCCOCCN1.Cl. The Bertz CT molecular complexity index is 62.4. The first-order valence-corrected chi connectivity index (χ1v) is 4.44. The molecule has 0 aromatic carbocycles. The highest BCUT2D eigenvalue weighted by atomic mass is 35.5. The lowest BCUT2D eigenvalue weighted by Crippen LogP contribution is -2.26. The van der Waals surface area contributed by atoms with Gasteiger partial charge in [0.05, 0.1) is 39.6 Å². The van der Waals surface area contributed by atoms with E-state index in [4.69, 9.17) is 14.2 Å². The fraction of sp³-hybridized carbons (Fsp3) is 1.00. The lowest BCUT2D eigenvalue weighted by molar-refractivity contribution is 0.0100. The van der Waals surface area contributed by atoms with Gasteiger partial charge in [-0.25, -0.2) is 0 Å². The van der Waals surface area contributed by atoms with Crippen LogP contribution in [-0.4, -0.2) is 52.7 Å². The molecule has 4 nitrogen and oxygen atoms in total. The van der Waals surface area contributed by atoms with Crippen molar-refractivity contribution in [2.75, 3.05) is 52.7 Å². The van der Waals surface area contributed by atoms with Crippen LogP contribution in [0.2, 0.25) is 0 Å². The molecule has 1 fully saturated rings. The molecule has 80 valence electrons. The molecule has 0 atom stereocenters. The first kappa shape index (κ1) is 13.1. The van der Waals surface area contributed by atoms with Crippen molar-refractivity contribution in [3.63, 3.8) is 0 Å². The lowest BCUT2D eigenvalue weighted by Gasteiger charge is -2.10. The number of nitrogens with one attached hydrogen (secondary N) is 1. The summed E-state index contributed by atoms with van der Waals surface area (Å²) >= 11 is 0. The van der Waals surface area contributed by atoms with E-state index in [9.17, 15) is 0 Å². The Morgan fingerprint density at radius 3 is 1.46 bits per heavy atom. The third-order valence-corrected chi connectivity index (χ3v) is 1.59. The summed E-state index contributed by atoms with van der Waals surface area (Å²) in [4.78, 5) is 0. The second-order valence-electron chi connectivity index (χ2n) is 2.59. The predicted octanol–water partition coefficient (Wildman–Crippen LogP) is 0.0612. The Labute approximate surface area is 85.3 Å².